The van der Waals surface area contributed by atoms with Gasteiger partial charge >= 0.3 is 0 Å². The van der Waals surface area contributed by atoms with Gasteiger partial charge in [-0.05, 0) is 52.2 Å². The van der Waals surface area contributed by atoms with E-state index >= 15 is 0 Å². The first-order valence-electron chi connectivity index (χ1n) is 10.2. The largest absolute Gasteiger partial charge is 0.355 e. The smallest absolute Gasteiger partial charge is 0.193 e. The summed E-state index contributed by atoms with van der Waals surface area (Å²) in [4.78, 5) is 12.3. The third-order valence-electron chi connectivity index (χ3n) is 6.28. The Morgan fingerprint density at radius 2 is 1.79 bits per heavy atom. The number of hydrogen-bond acceptors (Lipinski definition) is 3. The fraction of sp³-hybridized carbons (Fsp3) is 0.947. The second-order valence-corrected chi connectivity index (χ2v) is 7.88. The van der Waals surface area contributed by atoms with Crippen molar-refractivity contribution in [2.45, 2.75) is 63.5 Å². The molecule has 2 saturated heterocycles. The van der Waals surface area contributed by atoms with Crippen LogP contribution in [0.5, 0.6) is 0 Å². The topological polar surface area (TPSA) is 34.1 Å². The van der Waals surface area contributed by atoms with E-state index in [1.54, 1.807) is 0 Å². The molecule has 2 aliphatic heterocycles. The molecule has 0 aromatic carbocycles. The predicted octanol–water partition coefficient (Wildman–Crippen LogP) is 2.00. The van der Waals surface area contributed by atoms with Crippen LogP contribution in [0.4, 0.5) is 0 Å². The molecule has 0 bridgehead atoms. The zero-order valence-corrected chi connectivity index (χ0v) is 15.8. The summed E-state index contributed by atoms with van der Waals surface area (Å²) in [5.41, 5.74) is 0. The molecule has 1 aliphatic carbocycles. The van der Waals surface area contributed by atoms with Crippen molar-refractivity contribution in [3.05, 3.63) is 0 Å². The molecule has 5 nitrogen and oxygen atoms in total. The number of hydrogen-bond donors (Lipinski definition) is 1. The van der Waals surface area contributed by atoms with E-state index in [2.05, 4.69) is 32.1 Å². The summed E-state index contributed by atoms with van der Waals surface area (Å²) < 4.78 is 0. The molecule has 2 heterocycles. The van der Waals surface area contributed by atoms with Gasteiger partial charge in [0, 0.05) is 45.3 Å². The Balaban J connectivity index is 1.39. The summed E-state index contributed by atoms with van der Waals surface area (Å²) >= 11 is 0. The Labute approximate surface area is 148 Å². The van der Waals surface area contributed by atoms with E-state index in [0.717, 1.165) is 44.2 Å². The van der Waals surface area contributed by atoms with Gasteiger partial charge in [0.25, 0.3) is 0 Å². The van der Waals surface area contributed by atoms with Crippen molar-refractivity contribution in [1.29, 1.82) is 0 Å². The maximum Gasteiger partial charge on any atom is 0.193 e. The van der Waals surface area contributed by atoms with Crippen LogP contribution in [-0.2, 0) is 0 Å². The first kappa shape index (κ1) is 18.0. The van der Waals surface area contributed by atoms with Gasteiger partial charge in [-0.15, -0.1) is 0 Å². The van der Waals surface area contributed by atoms with Gasteiger partial charge < -0.3 is 15.1 Å². The maximum atomic E-state index is 4.54. The van der Waals surface area contributed by atoms with Crippen molar-refractivity contribution in [3.63, 3.8) is 0 Å². The predicted molar refractivity (Wildman–Crippen MR) is 102 cm³/mol. The average Bonchev–Trinajstić information content (AvgIpc) is 3.31. The minimum absolute atomic E-state index is 0.741. The minimum Gasteiger partial charge on any atom is -0.355 e. The van der Waals surface area contributed by atoms with E-state index in [0.29, 0.717) is 0 Å². The van der Waals surface area contributed by atoms with Crippen molar-refractivity contribution in [2.75, 3.05) is 53.4 Å². The van der Waals surface area contributed by atoms with Crippen LogP contribution in [0.1, 0.15) is 51.4 Å². The molecule has 1 unspecified atom stereocenters. The standard InChI is InChI=1S/C19H37N5/c1-20-19(21-11-15-22(2)17-8-4-5-9-17)24-14-10-18(16-24)23-12-6-3-7-13-23/h17-18H,3-16H2,1-2H3,(H,20,21). The molecular formula is C19H37N5. The van der Waals surface area contributed by atoms with Crippen LogP contribution in [0, 0.1) is 0 Å². The Bertz CT molecular complexity index is 399. The third-order valence-corrected chi connectivity index (χ3v) is 6.28. The molecule has 0 aromatic heterocycles. The van der Waals surface area contributed by atoms with Crippen molar-refractivity contribution in [2.24, 2.45) is 4.99 Å². The Morgan fingerprint density at radius 3 is 2.50 bits per heavy atom. The molecule has 0 aromatic rings. The Kier molecular flexibility index (Phi) is 6.78. The van der Waals surface area contributed by atoms with Crippen LogP contribution in [0.15, 0.2) is 4.99 Å². The van der Waals surface area contributed by atoms with Crippen molar-refractivity contribution < 1.29 is 0 Å². The zero-order chi connectivity index (χ0) is 16.8. The highest BCUT2D eigenvalue weighted by Gasteiger charge is 2.30. The molecule has 0 amide bonds. The molecule has 3 aliphatic rings. The van der Waals surface area contributed by atoms with E-state index in [4.69, 9.17) is 0 Å². The van der Waals surface area contributed by atoms with E-state index in [1.807, 2.05) is 7.05 Å². The second kappa shape index (κ2) is 9.04. The highest BCUT2D eigenvalue weighted by molar-refractivity contribution is 5.80. The minimum atomic E-state index is 0.741. The monoisotopic (exact) mass is 335 g/mol. The highest BCUT2D eigenvalue weighted by Crippen LogP contribution is 2.22. The van der Waals surface area contributed by atoms with Gasteiger partial charge in [0.1, 0.15) is 0 Å². The van der Waals surface area contributed by atoms with E-state index < -0.39 is 0 Å². The molecule has 1 saturated carbocycles. The average molecular weight is 336 g/mol. The van der Waals surface area contributed by atoms with Gasteiger partial charge in [-0.1, -0.05) is 19.3 Å². The molecule has 0 spiro atoms. The number of likely N-dealkylation sites (N-methyl/N-ethyl adjacent to an activating group) is 1. The molecule has 0 radical (unpaired) electrons. The molecule has 3 fully saturated rings. The van der Waals surface area contributed by atoms with Gasteiger partial charge in [-0.25, -0.2) is 0 Å². The lowest BCUT2D eigenvalue weighted by molar-refractivity contribution is 0.168. The molecule has 138 valence electrons. The normalized spacial score (nSPS) is 27.4. The van der Waals surface area contributed by atoms with E-state index in [-0.39, 0.29) is 0 Å². The van der Waals surface area contributed by atoms with Gasteiger partial charge in [0.2, 0.25) is 0 Å². The van der Waals surface area contributed by atoms with Gasteiger partial charge in [-0.3, -0.25) is 9.89 Å². The zero-order valence-electron chi connectivity index (χ0n) is 15.8. The molecule has 3 rings (SSSR count). The Hall–Kier alpha value is -0.810. The highest BCUT2D eigenvalue weighted by atomic mass is 15.3. The maximum absolute atomic E-state index is 4.54. The van der Waals surface area contributed by atoms with Crippen molar-refractivity contribution in [1.82, 2.24) is 20.0 Å². The van der Waals surface area contributed by atoms with Crippen LogP contribution in [0.25, 0.3) is 0 Å². The number of nitrogens with one attached hydrogen (secondary N) is 1. The van der Waals surface area contributed by atoms with Gasteiger partial charge in [-0.2, -0.15) is 0 Å². The fourth-order valence-corrected chi connectivity index (χ4v) is 4.72. The SMILES string of the molecule is CN=C(NCCN(C)C1CCCC1)N1CCC(N2CCCCC2)C1. The summed E-state index contributed by atoms with van der Waals surface area (Å²) in [5, 5.41) is 3.60. The Morgan fingerprint density at radius 1 is 1.04 bits per heavy atom. The first-order valence-corrected chi connectivity index (χ1v) is 10.2. The van der Waals surface area contributed by atoms with E-state index in [1.165, 1.54) is 64.5 Å². The first-order chi connectivity index (χ1) is 11.8. The number of aliphatic imine (C=N–C) groups is 1. The summed E-state index contributed by atoms with van der Waals surface area (Å²) in [7, 11) is 4.21. The lowest BCUT2D eigenvalue weighted by Gasteiger charge is -2.32. The summed E-state index contributed by atoms with van der Waals surface area (Å²) in [5.74, 6) is 1.11. The quantitative estimate of drug-likeness (QED) is 0.615. The van der Waals surface area contributed by atoms with Gasteiger partial charge in [0.15, 0.2) is 5.96 Å². The molecule has 1 N–H and O–H groups in total. The number of guanidine groups is 1. The second-order valence-electron chi connectivity index (χ2n) is 7.88. The number of piperidine rings is 1. The molecular weight excluding hydrogens is 298 g/mol. The lowest BCUT2D eigenvalue weighted by Crippen LogP contribution is -2.46. The van der Waals surface area contributed by atoms with Crippen LogP contribution in [-0.4, -0.2) is 86.1 Å². The number of likely N-dealkylation sites (tertiary alicyclic amines) is 2. The van der Waals surface area contributed by atoms with Crippen LogP contribution in [0.2, 0.25) is 0 Å². The molecule has 5 heteroatoms. The molecule has 24 heavy (non-hydrogen) atoms. The summed E-state index contributed by atoms with van der Waals surface area (Å²) in [6, 6.07) is 1.55. The third kappa shape index (κ3) is 4.63. The van der Waals surface area contributed by atoms with Crippen LogP contribution in [0.3, 0.4) is 0 Å². The summed E-state index contributed by atoms with van der Waals surface area (Å²) in [6.45, 7) is 7.03. The van der Waals surface area contributed by atoms with E-state index in [9.17, 15) is 0 Å². The van der Waals surface area contributed by atoms with Crippen molar-refractivity contribution >= 4 is 5.96 Å². The number of rotatable bonds is 5. The number of nitrogens with zero attached hydrogens (tertiary/aromatic N) is 4. The van der Waals surface area contributed by atoms with Crippen LogP contribution < -0.4 is 5.32 Å². The lowest BCUT2D eigenvalue weighted by atomic mass is 10.1. The van der Waals surface area contributed by atoms with Crippen LogP contribution >= 0.6 is 0 Å². The van der Waals surface area contributed by atoms with Crippen molar-refractivity contribution in [3.8, 4) is 0 Å². The summed E-state index contributed by atoms with van der Waals surface area (Å²) in [6.07, 6.45) is 11.1. The van der Waals surface area contributed by atoms with Gasteiger partial charge in [0.05, 0.1) is 0 Å². The molecule has 1 atom stereocenters. The fourth-order valence-electron chi connectivity index (χ4n) is 4.72.